The number of ether oxygens (including phenoxy) is 2. The molecule has 3 aromatic carbocycles. The molecule has 2 aliphatic rings. The summed E-state index contributed by atoms with van der Waals surface area (Å²) in [5.41, 5.74) is 5.34. The SMILES string of the molecule is Cc1c(CN2CCN(C(=O)OCC3c4ccccc4-c4ccccc43)CC2)cc(OS(=O)(=O)F)cc1NC(=O)OC(C)(C)C. The van der Waals surface area contributed by atoms with Crippen molar-refractivity contribution in [3.63, 3.8) is 0 Å². The van der Waals surface area contributed by atoms with Gasteiger partial charge < -0.3 is 18.6 Å². The lowest BCUT2D eigenvalue weighted by Gasteiger charge is -2.34. The second-order valence-electron chi connectivity index (χ2n) is 11.9. The lowest BCUT2D eigenvalue weighted by Crippen LogP contribution is -2.48. The van der Waals surface area contributed by atoms with Crippen LogP contribution in [0.1, 0.15) is 48.9 Å². The minimum absolute atomic E-state index is 0.0262. The summed E-state index contributed by atoms with van der Waals surface area (Å²) in [6.45, 7) is 9.36. The van der Waals surface area contributed by atoms with E-state index in [-0.39, 0.29) is 30.1 Å². The normalized spacial score (nSPS) is 15.3. The molecule has 0 atom stereocenters. The van der Waals surface area contributed by atoms with Crippen LogP contribution >= 0.6 is 0 Å². The van der Waals surface area contributed by atoms with Gasteiger partial charge in [-0.05, 0) is 67.1 Å². The minimum atomic E-state index is -5.29. The molecule has 1 N–H and O–H groups in total. The van der Waals surface area contributed by atoms with E-state index >= 15 is 0 Å². The van der Waals surface area contributed by atoms with E-state index in [1.165, 1.54) is 12.1 Å². The fourth-order valence-corrected chi connectivity index (χ4v) is 5.96. The topological polar surface area (TPSA) is 114 Å². The number of hydrogen-bond acceptors (Lipinski definition) is 8. The van der Waals surface area contributed by atoms with Crippen molar-refractivity contribution in [2.75, 3.05) is 38.1 Å². The number of hydrogen-bond donors (Lipinski definition) is 1. The van der Waals surface area contributed by atoms with Crippen molar-refractivity contribution in [1.82, 2.24) is 9.80 Å². The highest BCUT2D eigenvalue weighted by Crippen LogP contribution is 2.44. The number of nitrogens with one attached hydrogen (secondary N) is 1. The Bertz CT molecular complexity index is 1620. The molecule has 234 valence electrons. The Morgan fingerprint density at radius 3 is 2.11 bits per heavy atom. The van der Waals surface area contributed by atoms with Crippen LogP contribution in [0.5, 0.6) is 5.75 Å². The largest absolute Gasteiger partial charge is 0.488 e. The number of halogens is 1. The molecule has 0 bridgehead atoms. The molecule has 0 saturated carbocycles. The van der Waals surface area contributed by atoms with Gasteiger partial charge in [0.2, 0.25) is 0 Å². The van der Waals surface area contributed by atoms with Gasteiger partial charge in [0.05, 0.1) is 5.69 Å². The number of nitrogens with zero attached hydrogens (tertiary/aromatic N) is 2. The lowest BCUT2D eigenvalue weighted by molar-refractivity contribution is 0.0635. The summed E-state index contributed by atoms with van der Waals surface area (Å²) in [4.78, 5) is 29.2. The maximum atomic E-state index is 13.4. The molecular weight excluding hydrogens is 589 g/mol. The van der Waals surface area contributed by atoms with Crippen molar-refractivity contribution < 1.29 is 35.5 Å². The summed E-state index contributed by atoms with van der Waals surface area (Å²) >= 11 is 0. The third-order valence-electron chi connectivity index (χ3n) is 7.68. The second kappa shape index (κ2) is 12.4. The minimum Gasteiger partial charge on any atom is -0.448 e. The molecule has 0 spiro atoms. The van der Waals surface area contributed by atoms with E-state index in [2.05, 4.69) is 38.7 Å². The van der Waals surface area contributed by atoms with Crippen LogP contribution in [0.15, 0.2) is 60.7 Å². The van der Waals surface area contributed by atoms with Gasteiger partial charge >= 0.3 is 22.7 Å². The quantitative estimate of drug-likeness (QED) is 0.318. The summed E-state index contributed by atoms with van der Waals surface area (Å²) < 4.78 is 51.4. The number of carbonyl (C=O) groups excluding carboxylic acids is 2. The van der Waals surface area contributed by atoms with Gasteiger partial charge in [-0.25, -0.2) is 9.59 Å². The van der Waals surface area contributed by atoms with E-state index in [4.69, 9.17) is 9.47 Å². The molecule has 5 rings (SSSR count). The van der Waals surface area contributed by atoms with Gasteiger partial charge in [0.1, 0.15) is 18.0 Å². The van der Waals surface area contributed by atoms with Crippen molar-refractivity contribution in [2.24, 2.45) is 0 Å². The van der Waals surface area contributed by atoms with E-state index < -0.39 is 22.2 Å². The van der Waals surface area contributed by atoms with Crippen LogP contribution in [0.2, 0.25) is 0 Å². The first kappa shape index (κ1) is 31.3. The smallest absolute Gasteiger partial charge is 0.448 e. The number of piperazine rings is 1. The summed E-state index contributed by atoms with van der Waals surface area (Å²) in [6, 6.07) is 19.0. The Balaban J connectivity index is 1.21. The highest BCUT2D eigenvalue weighted by Gasteiger charge is 2.30. The molecule has 1 heterocycles. The standard InChI is InChI=1S/C32H36FN3O7S/c1-21-22(17-23(43-44(33,39)40)18-29(21)34-30(37)42-32(2,3)4)19-35-13-15-36(16-14-35)31(38)41-20-28-26-11-7-5-9-24(26)25-10-6-8-12-27(25)28/h5-12,17-18,28H,13-16,19-20H2,1-4H3,(H,34,37). The molecule has 1 aliphatic heterocycles. The number of benzene rings is 3. The van der Waals surface area contributed by atoms with Gasteiger partial charge in [0, 0.05) is 44.7 Å². The molecule has 0 unspecified atom stereocenters. The van der Waals surface area contributed by atoms with Gasteiger partial charge in [0.15, 0.2) is 0 Å². The molecular formula is C32H36FN3O7S. The van der Waals surface area contributed by atoms with E-state index in [1.54, 1.807) is 32.6 Å². The summed E-state index contributed by atoms with van der Waals surface area (Å²) in [5.74, 6) is -0.307. The molecule has 10 nitrogen and oxygen atoms in total. The van der Waals surface area contributed by atoms with Crippen molar-refractivity contribution in [1.29, 1.82) is 0 Å². The fourth-order valence-electron chi connectivity index (χ4n) is 5.63. The highest BCUT2D eigenvalue weighted by atomic mass is 32.3. The molecule has 0 radical (unpaired) electrons. The van der Waals surface area contributed by atoms with Gasteiger partial charge in [-0.1, -0.05) is 52.4 Å². The van der Waals surface area contributed by atoms with Crippen LogP contribution in [0.3, 0.4) is 0 Å². The van der Waals surface area contributed by atoms with E-state index in [0.717, 1.165) is 22.3 Å². The third-order valence-corrected chi connectivity index (χ3v) is 8.07. The third kappa shape index (κ3) is 7.48. The van der Waals surface area contributed by atoms with Crippen LogP contribution in [-0.4, -0.2) is 68.8 Å². The zero-order chi connectivity index (χ0) is 31.6. The van der Waals surface area contributed by atoms with E-state index in [9.17, 15) is 21.9 Å². The van der Waals surface area contributed by atoms with Crippen molar-refractivity contribution in [3.8, 4) is 16.9 Å². The molecule has 12 heteroatoms. The summed E-state index contributed by atoms with van der Waals surface area (Å²) in [6.07, 6.45) is -1.13. The number of fused-ring (bicyclic) bond motifs is 3. The highest BCUT2D eigenvalue weighted by molar-refractivity contribution is 7.81. The first-order valence-corrected chi connectivity index (χ1v) is 15.7. The summed E-state index contributed by atoms with van der Waals surface area (Å²) in [7, 11) is -5.29. The Morgan fingerprint density at radius 2 is 1.55 bits per heavy atom. The zero-order valence-corrected chi connectivity index (χ0v) is 25.9. The van der Waals surface area contributed by atoms with Crippen molar-refractivity contribution in [3.05, 3.63) is 82.9 Å². The van der Waals surface area contributed by atoms with Crippen molar-refractivity contribution in [2.45, 2.75) is 45.8 Å². The maximum absolute atomic E-state index is 13.4. The average Bonchev–Trinajstić information content (AvgIpc) is 3.26. The fraction of sp³-hybridized carbons (Fsp3) is 0.375. The Hall–Kier alpha value is -4.16. The predicted molar refractivity (Wildman–Crippen MR) is 164 cm³/mol. The number of carbonyl (C=O) groups is 2. The Kier molecular flexibility index (Phi) is 8.85. The lowest BCUT2D eigenvalue weighted by atomic mass is 9.98. The van der Waals surface area contributed by atoms with Gasteiger partial charge in [-0.15, -0.1) is 0 Å². The van der Waals surface area contributed by atoms with Crippen LogP contribution < -0.4 is 9.50 Å². The van der Waals surface area contributed by atoms with Crippen LogP contribution in [0.4, 0.5) is 19.2 Å². The summed E-state index contributed by atoms with van der Waals surface area (Å²) in [5, 5.41) is 2.60. The molecule has 1 fully saturated rings. The van der Waals surface area contributed by atoms with Crippen molar-refractivity contribution >= 4 is 28.4 Å². The number of amides is 2. The average molecular weight is 626 g/mol. The molecule has 1 aliphatic carbocycles. The van der Waals surface area contributed by atoms with Crippen LogP contribution in [-0.2, 0) is 26.5 Å². The predicted octanol–water partition coefficient (Wildman–Crippen LogP) is 6.00. The van der Waals surface area contributed by atoms with Crippen LogP contribution in [0.25, 0.3) is 11.1 Å². The molecule has 1 saturated heterocycles. The first-order chi connectivity index (χ1) is 20.8. The van der Waals surface area contributed by atoms with Gasteiger partial charge in [-0.3, -0.25) is 10.2 Å². The molecule has 0 aromatic heterocycles. The molecule has 3 aromatic rings. The van der Waals surface area contributed by atoms with Gasteiger partial charge in [0.25, 0.3) is 0 Å². The first-order valence-electron chi connectivity index (χ1n) is 14.4. The Morgan fingerprint density at radius 1 is 0.955 bits per heavy atom. The zero-order valence-electron chi connectivity index (χ0n) is 25.1. The number of rotatable bonds is 7. The van der Waals surface area contributed by atoms with E-state index in [0.29, 0.717) is 43.9 Å². The van der Waals surface area contributed by atoms with Crippen LogP contribution in [0, 0.1) is 6.92 Å². The van der Waals surface area contributed by atoms with E-state index in [1.807, 2.05) is 24.3 Å². The number of anilines is 1. The second-order valence-corrected chi connectivity index (χ2v) is 12.9. The molecule has 2 amide bonds. The Labute approximate surface area is 257 Å². The maximum Gasteiger partial charge on any atom is 0.488 e. The monoisotopic (exact) mass is 625 g/mol. The molecule has 44 heavy (non-hydrogen) atoms. The van der Waals surface area contributed by atoms with Gasteiger partial charge in [-0.2, -0.15) is 8.42 Å².